The number of benzene rings is 3. The number of aromatic nitrogens is 2. The third-order valence-electron chi connectivity index (χ3n) is 6.46. The van der Waals surface area contributed by atoms with Gasteiger partial charge in [-0.05, 0) is 67.4 Å². The maximum absolute atomic E-state index is 13.5. The number of piperidine rings is 1. The fourth-order valence-electron chi connectivity index (χ4n) is 4.42. The molecular weight excluding hydrogens is 467 g/mol. The van der Waals surface area contributed by atoms with E-state index in [2.05, 4.69) is 5.32 Å². The summed E-state index contributed by atoms with van der Waals surface area (Å²) in [5.74, 6) is -0.499. The summed E-state index contributed by atoms with van der Waals surface area (Å²) in [7, 11) is 0. The van der Waals surface area contributed by atoms with Gasteiger partial charge in [0.1, 0.15) is 5.82 Å². The molecule has 0 unspecified atom stereocenters. The zero-order valence-electron chi connectivity index (χ0n) is 20.3. The molecule has 1 aliphatic heterocycles. The molecule has 0 saturated carbocycles. The van der Waals surface area contributed by atoms with E-state index in [1.807, 2.05) is 54.7 Å². The normalized spacial score (nSPS) is 14.1. The van der Waals surface area contributed by atoms with E-state index in [-0.39, 0.29) is 23.7 Å². The Kier molecular flexibility index (Phi) is 7.21. The lowest BCUT2D eigenvalue weighted by Gasteiger charge is -2.31. The van der Waals surface area contributed by atoms with Crippen molar-refractivity contribution in [1.82, 2.24) is 20.0 Å². The van der Waals surface area contributed by atoms with Crippen LogP contribution in [0.4, 0.5) is 4.39 Å². The number of likely N-dealkylation sites (tertiary alicyclic amines) is 1. The first kappa shape index (κ1) is 24.2. The summed E-state index contributed by atoms with van der Waals surface area (Å²) in [5, 5.41) is 7.78. The zero-order chi connectivity index (χ0) is 25.6. The van der Waals surface area contributed by atoms with Crippen molar-refractivity contribution in [1.29, 1.82) is 0 Å². The summed E-state index contributed by atoms with van der Waals surface area (Å²) in [6.07, 6.45) is 6.58. The van der Waals surface area contributed by atoms with E-state index >= 15 is 0 Å². The molecule has 6 nitrogen and oxygen atoms in total. The molecule has 7 heteroatoms. The second kappa shape index (κ2) is 11.0. The minimum Gasteiger partial charge on any atom is -0.349 e. The van der Waals surface area contributed by atoms with Gasteiger partial charge in [0.2, 0.25) is 5.91 Å². The average molecular weight is 495 g/mol. The number of amides is 2. The number of carbonyl (C=O) groups is 2. The Morgan fingerprint density at radius 3 is 2.22 bits per heavy atom. The van der Waals surface area contributed by atoms with Crippen molar-refractivity contribution >= 4 is 17.9 Å². The first-order valence-electron chi connectivity index (χ1n) is 12.3. The Bertz CT molecular complexity index is 1390. The molecule has 0 radical (unpaired) electrons. The van der Waals surface area contributed by atoms with Gasteiger partial charge in [0, 0.05) is 48.1 Å². The quantitative estimate of drug-likeness (QED) is 0.379. The van der Waals surface area contributed by atoms with E-state index in [1.165, 1.54) is 12.1 Å². The van der Waals surface area contributed by atoms with Gasteiger partial charge in [-0.3, -0.25) is 9.59 Å². The van der Waals surface area contributed by atoms with E-state index in [9.17, 15) is 14.0 Å². The van der Waals surface area contributed by atoms with Crippen LogP contribution in [-0.4, -0.2) is 45.6 Å². The Morgan fingerprint density at radius 1 is 0.892 bits per heavy atom. The van der Waals surface area contributed by atoms with Crippen molar-refractivity contribution in [2.24, 2.45) is 0 Å². The molecule has 2 heterocycles. The second-order valence-electron chi connectivity index (χ2n) is 8.99. The van der Waals surface area contributed by atoms with Crippen molar-refractivity contribution in [3.8, 4) is 16.9 Å². The van der Waals surface area contributed by atoms with E-state index in [1.54, 1.807) is 46.0 Å². The molecule has 37 heavy (non-hydrogen) atoms. The van der Waals surface area contributed by atoms with Crippen LogP contribution in [0.3, 0.4) is 0 Å². The van der Waals surface area contributed by atoms with E-state index in [0.29, 0.717) is 37.2 Å². The van der Waals surface area contributed by atoms with Crippen molar-refractivity contribution < 1.29 is 14.0 Å². The Balaban J connectivity index is 1.27. The van der Waals surface area contributed by atoms with Gasteiger partial charge < -0.3 is 10.2 Å². The highest BCUT2D eigenvalue weighted by molar-refractivity contribution is 5.94. The lowest BCUT2D eigenvalue weighted by atomic mass is 10.0. The molecule has 0 aliphatic carbocycles. The Labute approximate surface area is 215 Å². The first-order valence-corrected chi connectivity index (χ1v) is 12.3. The summed E-state index contributed by atoms with van der Waals surface area (Å²) in [5.41, 5.74) is 3.70. The van der Waals surface area contributed by atoms with Crippen LogP contribution in [0.2, 0.25) is 0 Å². The number of hydrogen-bond donors (Lipinski definition) is 1. The topological polar surface area (TPSA) is 67.2 Å². The van der Waals surface area contributed by atoms with Crippen molar-refractivity contribution in [2.45, 2.75) is 18.9 Å². The van der Waals surface area contributed by atoms with Crippen LogP contribution < -0.4 is 5.32 Å². The fraction of sp³-hybridized carbons (Fsp3) is 0.167. The first-order chi connectivity index (χ1) is 18.1. The summed E-state index contributed by atoms with van der Waals surface area (Å²) in [6.45, 7) is 1.13. The standard InChI is InChI=1S/C30H27FN4O2/c31-25-14-11-22(12-15-25)29-24(21-35(33-29)27-9-5-2-6-10-27)13-16-28(36)34-19-17-26(18-20-34)32-30(37)23-7-3-1-4-8-23/h1-16,21,26H,17-20H2,(H,32,37)/b16-13+. The van der Waals surface area contributed by atoms with E-state index < -0.39 is 0 Å². The highest BCUT2D eigenvalue weighted by Crippen LogP contribution is 2.25. The van der Waals surface area contributed by atoms with E-state index in [4.69, 9.17) is 5.10 Å². The molecular formula is C30H27FN4O2. The monoisotopic (exact) mass is 494 g/mol. The fourth-order valence-corrected chi connectivity index (χ4v) is 4.42. The average Bonchev–Trinajstić information content (AvgIpc) is 3.38. The molecule has 4 aromatic rings. The molecule has 2 amide bonds. The maximum Gasteiger partial charge on any atom is 0.251 e. The molecule has 1 aromatic heterocycles. The van der Waals surface area contributed by atoms with Gasteiger partial charge in [0.25, 0.3) is 5.91 Å². The number of hydrogen-bond acceptors (Lipinski definition) is 3. The minimum atomic E-state index is -0.318. The number of nitrogens with one attached hydrogen (secondary N) is 1. The van der Waals surface area contributed by atoms with Crippen LogP contribution in [0.15, 0.2) is 97.2 Å². The van der Waals surface area contributed by atoms with Crippen LogP contribution >= 0.6 is 0 Å². The van der Waals surface area contributed by atoms with Crippen LogP contribution in [0.5, 0.6) is 0 Å². The highest BCUT2D eigenvalue weighted by atomic mass is 19.1. The van der Waals surface area contributed by atoms with Gasteiger partial charge in [0.15, 0.2) is 0 Å². The summed E-state index contributed by atoms with van der Waals surface area (Å²) >= 11 is 0. The smallest absolute Gasteiger partial charge is 0.251 e. The molecule has 1 N–H and O–H groups in total. The minimum absolute atomic E-state index is 0.0370. The van der Waals surface area contributed by atoms with Gasteiger partial charge in [-0.25, -0.2) is 9.07 Å². The molecule has 3 aromatic carbocycles. The van der Waals surface area contributed by atoms with Crippen LogP contribution in [-0.2, 0) is 4.79 Å². The Morgan fingerprint density at radius 2 is 1.54 bits per heavy atom. The van der Waals surface area contributed by atoms with Crippen molar-refractivity contribution in [2.75, 3.05) is 13.1 Å². The second-order valence-corrected chi connectivity index (χ2v) is 8.99. The number of para-hydroxylation sites is 1. The van der Waals surface area contributed by atoms with Crippen LogP contribution in [0.1, 0.15) is 28.8 Å². The molecule has 5 rings (SSSR count). The molecule has 1 saturated heterocycles. The molecule has 0 atom stereocenters. The zero-order valence-corrected chi connectivity index (χ0v) is 20.3. The molecule has 186 valence electrons. The highest BCUT2D eigenvalue weighted by Gasteiger charge is 2.23. The number of rotatable bonds is 6. The third-order valence-corrected chi connectivity index (χ3v) is 6.46. The largest absolute Gasteiger partial charge is 0.349 e. The molecule has 1 aliphatic rings. The third kappa shape index (κ3) is 5.83. The summed E-state index contributed by atoms with van der Waals surface area (Å²) in [6, 6.07) is 25.0. The van der Waals surface area contributed by atoms with E-state index in [0.717, 1.165) is 16.8 Å². The summed E-state index contributed by atoms with van der Waals surface area (Å²) < 4.78 is 15.3. The van der Waals surface area contributed by atoms with Crippen LogP contribution in [0, 0.1) is 5.82 Å². The number of carbonyl (C=O) groups excluding carboxylic acids is 2. The molecule has 1 fully saturated rings. The maximum atomic E-state index is 13.5. The predicted molar refractivity (Wildman–Crippen MR) is 142 cm³/mol. The van der Waals surface area contributed by atoms with Crippen molar-refractivity contribution in [3.63, 3.8) is 0 Å². The van der Waals surface area contributed by atoms with Gasteiger partial charge in [-0.1, -0.05) is 36.4 Å². The number of nitrogens with zero attached hydrogens (tertiary/aromatic N) is 3. The molecule has 0 bridgehead atoms. The lowest BCUT2D eigenvalue weighted by Crippen LogP contribution is -2.46. The summed E-state index contributed by atoms with van der Waals surface area (Å²) in [4.78, 5) is 27.2. The molecule has 0 spiro atoms. The Hall–Kier alpha value is -4.52. The van der Waals surface area contributed by atoms with Gasteiger partial charge in [0.05, 0.1) is 11.4 Å². The number of halogens is 1. The predicted octanol–water partition coefficient (Wildman–Crippen LogP) is 5.11. The van der Waals surface area contributed by atoms with Gasteiger partial charge in [-0.15, -0.1) is 0 Å². The van der Waals surface area contributed by atoms with Crippen molar-refractivity contribution in [3.05, 3.63) is 114 Å². The van der Waals surface area contributed by atoms with Crippen LogP contribution in [0.25, 0.3) is 23.0 Å². The SMILES string of the molecule is O=C(NC1CCN(C(=O)/C=C/c2cn(-c3ccccc3)nc2-c2ccc(F)cc2)CC1)c1ccccc1. The van der Waals surface area contributed by atoms with Gasteiger partial charge in [-0.2, -0.15) is 5.10 Å². The van der Waals surface area contributed by atoms with Gasteiger partial charge >= 0.3 is 0 Å². The lowest BCUT2D eigenvalue weighted by molar-refractivity contribution is -0.126.